The molecule has 8 heteroatoms. The lowest BCUT2D eigenvalue weighted by Gasteiger charge is -2.10. The van der Waals surface area contributed by atoms with E-state index in [0.717, 1.165) is 6.07 Å². The van der Waals surface area contributed by atoms with Crippen molar-refractivity contribution in [3.63, 3.8) is 0 Å². The zero-order chi connectivity index (χ0) is 15.6. The van der Waals surface area contributed by atoms with Crippen molar-refractivity contribution in [2.75, 3.05) is 5.73 Å². The molecule has 2 rings (SSSR count). The Kier molecular flexibility index (Phi) is 4.46. The standard InChI is InChI=1S/C13H11ClF2N2O2S/c14-10-4-2-1-3-8(10)7-18-21(19,20)12-6-9(17)5-11(15)13(12)16/h1-6,18H,7,17H2. The van der Waals surface area contributed by atoms with E-state index in [1.165, 1.54) is 0 Å². The maximum atomic E-state index is 13.6. The molecule has 0 aromatic heterocycles. The number of rotatable bonds is 4. The number of halogens is 3. The van der Waals surface area contributed by atoms with Crippen molar-refractivity contribution < 1.29 is 17.2 Å². The second-order valence-electron chi connectivity index (χ2n) is 4.23. The molecule has 0 aliphatic carbocycles. The van der Waals surface area contributed by atoms with E-state index in [4.69, 9.17) is 17.3 Å². The van der Waals surface area contributed by atoms with Crippen LogP contribution in [0.5, 0.6) is 0 Å². The molecular weight excluding hydrogens is 322 g/mol. The molecule has 0 saturated heterocycles. The van der Waals surface area contributed by atoms with Gasteiger partial charge in [-0.1, -0.05) is 29.8 Å². The number of anilines is 1. The topological polar surface area (TPSA) is 72.2 Å². The van der Waals surface area contributed by atoms with Gasteiger partial charge in [0.1, 0.15) is 4.90 Å². The first-order chi connectivity index (χ1) is 9.81. The van der Waals surface area contributed by atoms with E-state index in [-0.39, 0.29) is 12.2 Å². The van der Waals surface area contributed by atoms with E-state index in [1.807, 2.05) is 0 Å². The van der Waals surface area contributed by atoms with Crippen LogP contribution in [0.1, 0.15) is 5.56 Å². The molecule has 0 amide bonds. The summed E-state index contributed by atoms with van der Waals surface area (Å²) in [6.07, 6.45) is 0. The van der Waals surface area contributed by atoms with Crippen molar-refractivity contribution in [1.82, 2.24) is 4.72 Å². The van der Waals surface area contributed by atoms with E-state index in [2.05, 4.69) is 4.72 Å². The Morgan fingerprint density at radius 2 is 1.86 bits per heavy atom. The van der Waals surface area contributed by atoms with Crippen molar-refractivity contribution in [2.45, 2.75) is 11.4 Å². The molecule has 2 aromatic carbocycles. The summed E-state index contributed by atoms with van der Waals surface area (Å²) in [6, 6.07) is 8.13. The maximum absolute atomic E-state index is 13.6. The fourth-order valence-corrected chi connectivity index (χ4v) is 3.00. The zero-order valence-electron chi connectivity index (χ0n) is 10.6. The van der Waals surface area contributed by atoms with Crippen molar-refractivity contribution in [1.29, 1.82) is 0 Å². The monoisotopic (exact) mass is 332 g/mol. The van der Waals surface area contributed by atoms with E-state index in [9.17, 15) is 17.2 Å². The molecule has 0 fully saturated rings. The van der Waals surface area contributed by atoms with E-state index >= 15 is 0 Å². The summed E-state index contributed by atoms with van der Waals surface area (Å²) in [4.78, 5) is -0.841. The summed E-state index contributed by atoms with van der Waals surface area (Å²) >= 11 is 5.89. The Hall–Kier alpha value is -1.70. The molecular formula is C13H11ClF2N2O2S. The third-order valence-electron chi connectivity index (χ3n) is 2.72. The minimum atomic E-state index is -4.25. The first kappa shape index (κ1) is 15.7. The van der Waals surface area contributed by atoms with Crippen LogP contribution in [0.25, 0.3) is 0 Å². The molecule has 0 aliphatic rings. The Morgan fingerprint density at radius 1 is 1.19 bits per heavy atom. The van der Waals surface area contributed by atoms with Gasteiger partial charge in [-0.15, -0.1) is 0 Å². The quantitative estimate of drug-likeness (QED) is 0.845. The van der Waals surface area contributed by atoms with E-state index in [1.54, 1.807) is 24.3 Å². The third kappa shape index (κ3) is 3.49. The molecule has 0 heterocycles. The summed E-state index contributed by atoms with van der Waals surface area (Å²) in [5.41, 5.74) is 5.66. The maximum Gasteiger partial charge on any atom is 0.243 e. The molecule has 0 atom stereocenters. The highest BCUT2D eigenvalue weighted by Crippen LogP contribution is 2.22. The minimum Gasteiger partial charge on any atom is -0.399 e. The fourth-order valence-electron chi connectivity index (χ4n) is 1.67. The smallest absolute Gasteiger partial charge is 0.243 e. The second-order valence-corrected chi connectivity index (χ2v) is 6.37. The largest absolute Gasteiger partial charge is 0.399 e. The van der Waals surface area contributed by atoms with Gasteiger partial charge in [0.05, 0.1) is 0 Å². The Morgan fingerprint density at radius 3 is 2.52 bits per heavy atom. The van der Waals surface area contributed by atoms with Gasteiger partial charge in [-0.05, 0) is 23.8 Å². The molecule has 0 unspecified atom stereocenters. The highest BCUT2D eigenvalue weighted by molar-refractivity contribution is 7.89. The predicted octanol–water partition coefficient (Wildman–Crippen LogP) is 2.68. The Labute approximate surface area is 125 Å². The van der Waals surface area contributed by atoms with Crippen LogP contribution in [0.2, 0.25) is 5.02 Å². The van der Waals surface area contributed by atoms with Crippen LogP contribution < -0.4 is 10.5 Å². The molecule has 0 spiro atoms. The van der Waals surface area contributed by atoms with Gasteiger partial charge < -0.3 is 5.73 Å². The number of hydrogen-bond donors (Lipinski definition) is 2. The predicted molar refractivity (Wildman–Crippen MR) is 76.2 cm³/mol. The molecule has 3 N–H and O–H groups in total. The van der Waals surface area contributed by atoms with Crippen LogP contribution in [0.4, 0.5) is 14.5 Å². The Bertz CT molecular complexity index is 782. The van der Waals surface area contributed by atoms with Crippen LogP contribution in [0, 0.1) is 11.6 Å². The molecule has 4 nitrogen and oxygen atoms in total. The van der Waals surface area contributed by atoms with Crippen molar-refractivity contribution in [2.24, 2.45) is 0 Å². The van der Waals surface area contributed by atoms with Crippen molar-refractivity contribution in [3.05, 3.63) is 58.6 Å². The van der Waals surface area contributed by atoms with E-state index < -0.39 is 26.6 Å². The van der Waals surface area contributed by atoms with Crippen molar-refractivity contribution in [3.8, 4) is 0 Å². The number of benzene rings is 2. The first-order valence-electron chi connectivity index (χ1n) is 5.79. The number of sulfonamides is 1. The zero-order valence-corrected chi connectivity index (χ0v) is 12.2. The average Bonchev–Trinajstić information content (AvgIpc) is 2.42. The molecule has 2 aromatic rings. The first-order valence-corrected chi connectivity index (χ1v) is 7.65. The Balaban J connectivity index is 2.30. The van der Waals surface area contributed by atoms with Gasteiger partial charge in [0.2, 0.25) is 10.0 Å². The van der Waals surface area contributed by atoms with Gasteiger partial charge in [0.25, 0.3) is 0 Å². The molecule has 112 valence electrons. The normalized spacial score (nSPS) is 11.6. The summed E-state index contributed by atoms with van der Waals surface area (Å²) in [5, 5.41) is 0.361. The van der Waals surface area contributed by atoms with Crippen LogP contribution >= 0.6 is 11.6 Å². The average molecular weight is 333 g/mol. The van der Waals surface area contributed by atoms with Crippen LogP contribution in [-0.4, -0.2) is 8.42 Å². The van der Waals surface area contributed by atoms with Gasteiger partial charge in [0, 0.05) is 17.3 Å². The lowest BCUT2D eigenvalue weighted by atomic mass is 10.2. The summed E-state index contributed by atoms with van der Waals surface area (Å²) < 4.78 is 53.0. The molecule has 21 heavy (non-hydrogen) atoms. The highest BCUT2D eigenvalue weighted by Gasteiger charge is 2.22. The lowest BCUT2D eigenvalue weighted by molar-refractivity contribution is 0.484. The van der Waals surface area contributed by atoms with Gasteiger partial charge in [0.15, 0.2) is 11.6 Å². The number of hydrogen-bond acceptors (Lipinski definition) is 3. The minimum absolute atomic E-state index is 0.155. The summed E-state index contributed by atoms with van der Waals surface area (Å²) in [5.74, 6) is -2.80. The second kappa shape index (κ2) is 5.97. The highest BCUT2D eigenvalue weighted by atomic mass is 35.5. The summed E-state index contributed by atoms with van der Waals surface area (Å²) in [6.45, 7) is -0.155. The van der Waals surface area contributed by atoms with Crippen LogP contribution in [-0.2, 0) is 16.6 Å². The van der Waals surface area contributed by atoms with Gasteiger partial charge in [-0.2, -0.15) is 0 Å². The fraction of sp³-hybridized carbons (Fsp3) is 0.0769. The van der Waals surface area contributed by atoms with Crippen LogP contribution in [0.15, 0.2) is 41.3 Å². The van der Waals surface area contributed by atoms with E-state index in [0.29, 0.717) is 16.7 Å². The molecule has 0 aliphatic heterocycles. The molecule has 0 radical (unpaired) electrons. The third-order valence-corrected chi connectivity index (χ3v) is 4.49. The molecule has 0 bridgehead atoms. The number of nitrogens with one attached hydrogen (secondary N) is 1. The van der Waals surface area contributed by atoms with Gasteiger partial charge in [-0.25, -0.2) is 21.9 Å². The van der Waals surface area contributed by atoms with Crippen molar-refractivity contribution >= 4 is 27.3 Å². The SMILES string of the molecule is Nc1cc(F)c(F)c(S(=O)(=O)NCc2ccccc2Cl)c1. The van der Waals surface area contributed by atoms with Gasteiger partial charge in [-0.3, -0.25) is 0 Å². The number of nitrogen functional groups attached to an aromatic ring is 1. The molecule has 0 saturated carbocycles. The number of nitrogens with two attached hydrogens (primary N) is 1. The lowest BCUT2D eigenvalue weighted by Crippen LogP contribution is -2.25. The summed E-state index contributed by atoms with van der Waals surface area (Å²) in [7, 11) is -4.25. The van der Waals surface area contributed by atoms with Crippen LogP contribution in [0.3, 0.4) is 0 Å². The van der Waals surface area contributed by atoms with Gasteiger partial charge >= 0.3 is 0 Å².